The van der Waals surface area contributed by atoms with E-state index in [1.807, 2.05) is 32.0 Å². The summed E-state index contributed by atoms with van der Waals surface area (Å²) in [7, 11) is 0. The number of amides is 1. The lowest BCUT2D eigenvalue weighted by atomic mass is 10.2. The molecule has 9 heteroatoms. The predicted octanol–water partition coefficient (Wildman–Crippen LogP) is 3.10. The molecule has 1 unspecified atom stereocenters. The van der Waals surface area contributed by atoms with E-state index in [9.17, 15) is 4.79 Å². The monoisotopic (exact) mass is 426 g/mol. The molecule has 1 amide bonds. The molecule has 3 aromatic heterocycles. The van der Waals surface area contributed by atoms with Crippen LogP contribution in [-0.2, 0) is 4.79 Å². The zero-order valence-electron chi connectivity index (χ0n) is 16.3. The zero-order chi connectivity index (χ0) is 20.2. The fourth-order valence-electron chi connectivity index (χ4n) is 3.31. The van der Waals surface area contributed by atoms with Crippen molar-refractivity contribution in [2.45, 2.75) is 31.2 Å². The first kappa shape index (κ1) is 19.8. The van der Waals surface area contributed by atoms with Gasteiger partial charge in [0.1, 0.15) is 0 Å². The summed E-state index contributed by atoms with van der Waals surface area (Å²) < 4.78 is 0. The molecule has 7 nitrogen and oxygen atoms in total. The first-order valence-electron chi connectivity index (χ1n) is 9.43. The van der Waals surface area contributed by atoms with Crippen LogP contribution >= 0.6 is 23.1 Å². The van der Waals surface area contributed by atoms with Crippen LogP contribution in [0.15, 0.2) is 41.7 Å². The van der Waals surface area contributed by atoms with Crippen LogP contribution in [0, 0.1) is 13.8 Å². The highest BCUT2D eigenvalue weighted by atomic mass is 32.2. The maximum atomic E-state index is 12.3. The molecule has 1 N–H and O–H groups in total. The van der Waals surface area contributed by atoms with Crippen LogP contribution in [0.3, 0.4) is 0 Å². The van der Waals surface area contributed by atoms with Crippen molar-refractivity contribution in [2.24, 2.45) is 0 Å². The molecule has 0 bridgehead atoms. The number of nitrogens with zero attached hydrogens (tertiary/aromatic N) is 5. The van der Waals surface area contributed by atoms with Gasteiger partial charge >= 0.3 is 0 Å². The van der Waals surface area contributed by atoms with Gasteiger partial charge in [0.2, 0.25) is 11.9 Å². The van der Waals surface area contributed by atoms with Gasteiger partial charge in [-0.2, -0.15) is 0 Å². The van der Waals surface area contributed by atoms with E-state index in [2.05, 4.69) is 25.2 Å². The molecule has 0 saturated carbocycles. The van der Waals surface area contributed by atoms with Gasteiger partial charge in [-0.1, -0.05) is 0 Å². The SMILES string of the molecule is Cc1nc(C)c(-c2ccnc(N3CCC(NC(=O)CSc4ccncc4)C3)n2)s1. The fraction of sp³-hybridized carbons (Fsp3) is 0.350. The highest BCUT2D eigenvalue weighted by molar-refractivity contribution is 8.00. The average Bonchev–Trinajstić information content (AvgIpc) is 3.33. The number of anilines is 1. The molecule has 0 aromatic carbocycles. The first-order chi connectivity index (χ1) is 14.1. The summed E-state index contributed by atoms with van der Waals surface area (Å²) in [5.74, 6) is 1.15. The van der Waals surface area contributed by atoms with Gasteiger partial charge in [-0.3, -0.25) is 9.78 Å². The quantitative estimate of drug-likeness (QED) is 0.606. The summed E-state index contributed by atoms with van der Waals surface area (Å²) in [6.45, 7) is 5.55. The number of aromatic nitrogens is 4. The number of thioether (sulfide) groups is 1. The number of carbonyl (C=O) groups is 1. The zero-order valence-corrected chi connectivity index (χ0v) is 18.0. The van der Waals surface area contributed by atoms with Crippen LogP contribution in [0.4, 0.5) is 5.95 Å². The molecule has 29 heavy (non-hydrogen) atoms. The maximum absolute atomic E-state index is 12.3. The smallest absolute Gasteiger partial charge is 0.230 e. The van der Waals surface area contributed by atoms with Crippen LogP contribution in [0.1, 0.15) is 17.1 Å². The molecular weight excluding hydrogens is 404 g/mol. The largest absolute Gasteiger partial charge is 0.351 e. The Labute approximate surface area is 178 Å². The van der Waals surface area contributed by atoms with Gasteiger partial charge in [0.15, 0.2) is 0 Å². The number of hydrogen-bond donors (Lipinski definition) is 1. The topological polar surface area (TPSA) is 83.9 Å². The minimum atomic E-state index is 0.0455. The summed E-state index contributed by atoms with van der Waals surface area (Å²) in [6.07, 6.45) is 6.15. The minimum absolute atomic E-state index is 0.0455. The number of pyridine rings is 1. The third-order valence-electron chi connectivity index (χ3n) is 4.63. The van der Waals surface area contributed by atoms with E-state index in [1.165, 1.54) is 11.8 Å². The second kappa shape index (κ2) is 8.87. The van der Waals surface area contributed by atoms with Gasteiger partial charge < -0.3 is 10.2 Å². The lowest BCUT2D eigenvalue weighted by molar-refractivity contribution is -0.119. The van der Waals surface area contributed by atoms with Crippen molar-refractivity contribution >= 4 is 35.0 Å². The van der Waals surface area contributed by atoms with Crippen molar-refractivity contribution in [1.82, 2.24) is 25.3 Å². The average molecular weight is 427 g/mol. The van der Waals surface area contributed by atoms with Gasteiger partial charge in [-0.05, 0) is 38.5 Å². The molecule has 1 aliphatic heterocycles. The Kier molecular flexibility index (Phi) is 6.05. The van der Waals surface area contributed by atoms with E-state index in [0.717, 1.165) is 45.7 Å². The molecule has 0 aliphatic carbocycles. The number of thiazole rings is 1. The third kappa shape index (κ3) is 4.91. The van der Waals surface area contributed by atoms with Gasteiger partial charge in [0.05, 0.1) is 27.0 Å². The van der Waals surface area contributed by atoms with Crippen molar-refractivity contribution in [3.63, 3.8) is 0 Å². The molecule has 3 aromatic rings. The van der Waals surface area contributed by atoms with E-state index in [-0.39, 0.29) is 11.9 Å². The molecule has 1 saturated heterocycles. The Morgan fingerprint density at radius 3 is 2.83 bits per heavy atom. The number of carbonyl (C=O) groups excluding carboxylic acids is 1. The van der Waals surface area contributed by atoms with Crippen molar-refractivity contribution in [3.05, 3.63) is 47.5 Å². The van der Waals surface area contributed by atoms with Crippen molar-refractivity contribution in [2.75, 3.05) is 23.7 Å². The molecule has 4 heterocycles. The van der Waals surface area contributed by atoms with Gasteiger partial charge in [-0.25, -0.2) is 15.0 Å². The molecular formula is C20H22N6OS2. The number of rotatable bonds is 6. The summed E-state index contributed by atoms with van der Waals surface area (Å²) in [4.78, 5) is 34.2. The third-order valence-corrected chi connectivity index (χ3v) is 6.74. The van der Waals surface area contributed by atoms with Crippen LogP contribution in [0.2, 0.25) is 0 Å². The van der Waals surface area contributed by atoms with E-state index in [4.69, 9.17) is 4.98 Å². The normalized spacial score (nSPS) is 16.2. The Morgan fingerprint density at radius 1 is 1.24 bits per heavy atom. The minimum Gasteiger partial charge on any atom is -0.351 e. The molecule has 0 spiro atoms. The summed E-state index contributed by atoms with van der Waals surface area (Å²) in [6, 6.07) is 5.85. The predicted molar refractivity (Wildman–Crippen MR) is 116 cm³/mol. The highest BCUT2D eigenvalue weighted by Crippen LogP contribution is 2.29. The van der Waals surface area contributed by atoms with Crippen molar-refractivity contribution in [1.29, 1.82) is 0 Å². The van der Waals surface area contributed by atoms with E-state index in [0.29, 0.717) is 11.7 Å². The molecule has 4 rings (SSSR count). The number of aryl methyl sites for hydroxylation is 2. The second-order valence-corrected chi connectivity index (χ2v) is 9.11. The van der Waals surface area contributed by atoms with Crippen LogP contribution in [-0.4, -0.2) is 50.7 Å². The van der Waals surface area contributed by atoms with E-state index in [1.54, 1.807) is 29.9 Å². The van der Waals surface area contributed by atoms with Crippen molar-refractivity contribution in [3.8, 4) is 10.6 Å². The van der Waals surface area contributed by atoms with Crippen LogP contribution in [0.5, 0.6) is 0 Å². The van der Waals surface area contributed by atoms with E-state index < -0.39 is 0 Å². The number of nitrogens with one attached hydrogen (secondary N) is 1. The molecule has 150 valence electrons. The lowest BCUT2D eigenvalue weighted by Crippen LogP contribution is -2.38. The van der Waals surface area contributed by atoms with Gasteiger partial charge in [0, 0.05) is 42.6 Å². The van der Waals surface area contributed by atoms with Gasteiger partial charge in [-0.15, -0.1) is 23.1 Å². The Balaban J connectivity index is 1.34. The van der Waals surface area contributed by atoms with Crippen LogP contribution < -0.4 is 10.2 Å². The molecule has 1 fully saturated rings. The Bertz CT molecular complexity index is 994. The van der Waals surface area contributed by atoms with Gasteiger partial charge in [0.25, 0.3) is 0 Å². The Hall–Kier alpha value is -2.52. The van der Waals surface area contributed by atoms with Crippen LogP contribution in [0.25, 0.3) is 10.6 Å². The molecule has 1 atom stereocenters. The highest BCUT2D eigenvalue weighted by Gasteiger charge is 2.26. The maximum Gasteiger partial charge on any atom is 0.230 e. The van der Waals surface area contributed by atoms with Crippen molar-refractivity contribution < 1.29 is 4.79 Å². The standard InChI is InChI=1S/C20H22N6OS2/c1-13-19(29-14(2)23-13)17-5-9-22-20(25-17)26-10-6-15(11-26)24-18(27)12-28-16-3-7-21-8-4-16/h3-5,7-9,15H,6,10-12H2,1-2H3,(H,24,27). The molecule has 1 aliphatic rings. The summed E-state index contributed by atoms with van der Waals surface area (Å²) in [5, 5.41) is 4.16. The number of hydrogen-bond acceptors (Lipinski definition) is 8. The summed E-state index contributed by atoms with van der Waals surface area (Å²) >= 11 is 3.16. The first-order valence-corrected chi connectivity index (χ1v) is 11.2. The molecule has 0 radical (unpaired) electrons. The Morgan fingerprint density at radius 2 is 2.07 bits per heavy atom. The fourth-order valence-corrected chi connectivity index (χ4v) is 4.89. The van der Waals surface area contributed by atoms with E-state index >= 15 is 0 Å². The lowest BCUT2D eigenvalue weighted by Gasteiger charge is -2.17. The summed E-state index contributed by atoms with van der Waals surface area (Å²) in [5.41, 5.74) is 1.90. The second-order valence-electron chi connectivity index (χ2n) is 6.86.